The lowest BCUT2D eigenvalue weighted by Crippen LogP contribution is -2.44. The van der Waals surface area contributed by atoms with Crippen LogP contribution in [0, 0.1) is 5.92 Å². The molecule has 0 aliphatic carbocycles. The molecule has 2 aromatic carbocycles. The van der Waals surface area contributed by atoms with Gasteiger partial charge in [-0.3, -0.25) is 9.59 Å². The van der Waals surface area contributed by atoms with Crippen LogP contribution in [0.25, 0.3) is 0 Å². The topological polar surface area (TPSA) is 49.4 Å². The summed E-state index contributed by atoms with van der Waals surface area (Å²) in [6, 6.07) is 18.1. The number of likely N-dealkylation sites (tertiary alicyclic amines) is 1. The molecule has 29 heavy (non-hydrogen) atoms. The van der Waals surface area contributed by atoms with Crippen LogP contribution in [0.1, 0.15) is 55.1 Å². The van der Waals surface area contributed by atoms with Crippen molar-refractivity contribution in [1.82, 2.24) is 10.2 Å². The first-order valence-corrected chi connectivity index (χ1v) is 10.5. The van der Waals surface area contributed by atoms with Crippen LogP contribution in [-0.4, -0.2) is 36.3 Å². The maximum Gasteiger partial charge on any atom is 0.251 e. The van der Waals surface area contributed by atoms with E-state index in [1.165, 1.54) is 11.1 Å². The molecule has 1 fully saturated rings. The van der Waals surface area contributed by atoms with Crippen LogP contribution in [0.3, 0.4) is 0 Å². The van der Waals surface area contributed by atoms with E-state index in [1.54, 1.807) is 0 Å². The fourth-order valence-electron chi connectivity index (χ4n) is 3.83. The Bertz CT molecular complexity index is 814. The lowest BCUT2D eigenvalue weighted by atomic mass is 9.87. The van der Waals surface area contributed by atoms with E-state index in [1.807, 2.05) is 35.2 Å². The lowest BCUT2D eigenvalue weighted by Gasteiger charge is -2.32. The molecule has 0 radical (unpaired) electrons. The summed E-state index contributed by atoms with van der Waals surface area (Å²) in [4.78, 5) is 26.7. The number of carbonyl (C=O) groups excluding carboxylic acids is 2. The Morgan fingerprint density at radius 1 is 0.966 bits per heavy atom. The highest BCUT2D eigenvalue weighted by Gasteiger charge is 2.23. The average molecular weight is 393 g/mol. The predicted octanol–water partition coefficient (Wildman–Crippen LogP) is 4.20. The quantitative estimate of drug-likeness (QED) is 0.829. The fraction of sp³-hybridized carbons (Fsp3) is 0.440. The molecule has 0 spiro atoms. The maximum absolute atomic E-state index is 12.5. The van der Waals surface area contributed by atoms with Gasteiger partial charge in [0.25, 0.3) is 5.91 Å². The van der Waals surface area contributed by atoms with Crippen LogP contribution < -0.4 is 5.32 Å². The molecule has 1 saturated heterocycles. The molecule has 1 aliphatic heterocycles. The SMILES string of the molecule is CC(C)(C)c1ccc(C(=O)NCC(=O)N2CCC(Cc3ccccc3)CC2)cc1. The Kier molecular flexibility index (Phi) is 6.73. The van der Waals surface area contributed by atoms with Gasteiger partial charge in [0, 0.05) is 18.7 Å². The van der Waals surface area contributed by atoms with Gasteiger partial charge in [-0.25, -0.2) is 0 Å². The van der Waals surface area contributed by atoms with Crippen molar-refractivity contribution in [2.24, 2.45) is 5.92 Å². The zero-order chi connectivity index (χ0) is 20.9. The third-order valence-corrected chi connectivity index (χ3v) is 5.75. The second-order valence-electron chi connectivity index (χ2n) is 9.02. The molecule has 4 heteroatoms. The van der Waals surface area contributed by atoms with Gasteiger partial charge in [0.15, 0.2) is 0 Å². The van der Waals surface area contributed by atoms with Crippen LogP contribution >= 0.6 is 0 Å². The standard InChI is InChI=1S/C25H32N2O2/c1-25(2,3)22-11-9-21(10-12-22)24(29)26-18-23(28)27-15-13-20(14-16-27)17-19-7-5-4-6-8-19/h4-12,20H,13-18H2,1-3H3,(H,26,29). The maximum atomic E-state index is 12.5. The summed E-state index contributed by atoms with van der Waals surface area (Å²) in [6.07, 6.45) is 3.11. The summed E-state index contributed by atoms with van der Waals surface area (Å²) in [7, 11) is 0. The molecule has 154 valence electrons. The highest BCUT2D eigenvalue weighted by molar-refractivity contribution is 5.96. The van der Waals surface area contributed by atoms with Crippen LogP contribution in [0.5, 0.6) is 0 Å². The smallest absolute Gasteiger partial charge is 0.251 e. The third kappa shape index (κ3) is 5.93. The number of piperidine rings is 1. The number of hydrogen-bond acceptors (Lipinski definition) is 2. The number of carbonyl (C=O) groups is 2. The Balaban J connectivity index is 1.43. The Morgan fingerprint density at radius 3 is 2.17 bits per heavy atom. The average Bonchev–Trinajstić information content (AvgIpc) is 2.72. The zero-order valence-corrected chi connectivity index (χ0v) is 17.8. The van der Waals surface area contributed by atoms with Crippen LogP contribution in [0.2, 0.25) is 0 Å². The minimum absolute atomic E-state index is 0.00261. The van der Waals surface area contributed by atoms with Crippen LogP contribution in [0.4, 0.5) is 0 Å². The molecular formula is C25H32N2O2. The summed E-state index contributed by atoms with van der Waals surface area (Å²) in [5.74, 6) is 0.429. The van der Waals surface area contributed by atoms with Gasteiger partial charge in [0.1, 0.15) is 0 Å². The van der Waals surface area contributed by atoms with E-state index >= 15 is 0 Å². The summed E-state index contributed by atoms with van der Waals surface area (Å²) in [6.45, 7) is 8.03. The first-order valence-electron chi connectivity index (χ1n) is 10.5. The predicted molar refractivity (Wildman–Crippen MR) is 117 cm³/mol. The summed E-state index contributed by atoms with van der Waals surface area (Å²) in [5.41, 5.74) is 3.19. The number of amides is 2. The third-order valence-electron chi connectivity index (χ3n) is 5.75. The van der Waals surface area contributed by atoms with Gasteiger partial charge in [-0.1, -0.05) is 63.2 Å². The zero-order valence-electron chi connectivity index (χ0n) is 17.8. The first kappa shape index (κ1) is 21.1. The molecule has 2 aromatic rings. The first-order chi connectivity index (χ1) is 13.8. The monoisotopic (exact) mass is 392 g/mol. The van der Waals surface area contributed by atoms with E-state index < -0.39 is 0 Å². The molecule has 3 rings (SSSR count). The van der Waals surface area contributed by atoms with E-state index in [2.05, 4.69) is 50.4 Å². The Morgan fingerprint density at radius 2 is 1.59 bits per heavy atom. The van der Waals surface area contributed by atoms with E-state index in [0.717, 1.165) is 32.4 Å². The molecule has 0 aromatic heterocycles. The van der Waals surface area contributed by atoms with E-state index in [4.69, 9.17) is 0 Å². The van der Waals surface area contributed by atoms with Crippen LogP contribution in [0.15, 0.2) is 54.6 Å². The minimum atomic E-state index is -0.197. The molecule has 0 saturated carbocycles. The second-order valence-corrected chi connectivity index (χ2v) is 9.02. The summed E-state index contributed by atoms with van der Waals surface area (Å²) in [5, 5.41) is 2.78. The van der Waals surface area contributed by atoms with Crippen molar-refractivity contribution in [1.29, 1.82) is 0 Å². The molecule has 1 aliphatic rings. The molecule has 4 nitrogen and oxygen atoms in total. The molecule has 1 N–H and O–H groups in total. The highest BCUT2D eigenvalue weighted by atomic mass is 16.2. The van der Waals surface area contributed by atoms with E-state index in [9.17, 15) is 9.59 Å². The highest BCUT2D eigenvalue weighted by Crippen LogP contribution is 2.23. The van der Waals surface area contributed by atoms with Crippen LogP contribution in [-0.2, 0) is 16.6 Å². The van der Waals surface area contributed by atoms with Crippen molar-refractivity contribution in [3.8, 4) is 0 Å². The number of hydrogen-bond donors (Lipinski definition) is 1. The van der Waals surface area contributed by atoms with Crippen molar-refractivity contribution >= 4 is 11.8 Å². The van der Waals surface area contributed by atoms with Gasteiger partial charge in [-0.2, -0.15) is 0 Å². The number of rotatable bonds is 5. The van der Waals surface area contributed by atoms with Gasteiger partial charge in [-0.05, 0) is 53.9 Å². The molecule has 0 unspecified atom stereocenters. The van der Waals surface area contributed by atoms with Gasteiger partial charge >= 0.3 is 0 Å². The molecule has 0 atom stereocenters. The van der Waals surface area contributed by atoms with E-state index in [-0.39, 0.29) is 23.8 Å². The Labute approximate surface area is 174 Å². The number of nitrogens with one attached hydrogen (secondary N) is 1. The number of benzene rings is 2. The molecule has 1 heterocycles. The fourth-order valence-corrected chi connectivity index (χ4v) is 3.83. The molecule has 0 bridgehead atoms. The van der Waals surface area contributed by atoms with Gasteiger partial charge in [-0.15, -0.1) is 0 Å². The van der Waals surface area contributed by atoms with Gasteiger partial charge < -0.3 is 10.2 Å². The van der Waals surface area contributed by atoms with Gasteiger partial charge in [0.05, 0.1) is 6.54 Å². The molecular weight excluding hydrogens is 360 g/mol. The lowest BCUT2D eigenvalue weighted by molar-refractivity contribution is -0.131. The normalized spacial score (nSPS) is 15.2. The summed E-state index contributed by atoms with van der Waals surface area (Å²) < 4.78 is 0. The van der Waals surface area contributed by atoms with Crippen molar-refractivity contribution in [3.63, 3.8) is 0 Å². The van der Waals surface area contributed by atoms with Crippen molar-refractivity contribution < 1.29 is 9.59 Å². The second kappa shape index (κ2) is 9.25. The largest absolute Gasteiger partial charge is 0.343 e. The van der Waals surface area contributed by atoms with Crippen molar-refractivity contribution in [3.05, 3.63) is 71.3 Å². The van der Waals surface area contributed by atoms with Crippen molar-refractivity contribution in [2.75, 3.05) is 19.6 Å². The number of nitrogens with zero attached hydrogens (tertiary/aromatic N) is 1. The Hall–Kier alpha value is -2.62. The van der Waals surface area contributed by atoms with Crippen molar-refractivity contribution in [2.45, 2.75) is 45.4 Å². The summed E-state index contributed by atoms with van der Waals surface area (Å²) >= 11 is 0. The minimum Gasteiger partial charge on any atom is -0.343 e. The van der Waals surface area contributed by atoms with E-state index in [0.29, 0.717) is 11.5 Å². The van der Waals surface area contributed by atoms with Gasteiger partial charge in [0.2, 0.25) is 5.91 Å². The molecule has 2 amide bonds.